The van der Waals surface area contributed by atoms with Crippen LogP contribution in [-0.4, -0.2) is 38.9 Å². The van der Waals surface area contributed by atoms with Crippen molar-refractivity contribution < 1.29 is 17.7 Å². The predicted octanol–water partition coefficient (Wildman–Crippen LogP) is 0.787. The molecule has 0 radical (unpaired) electrons. The third kappa shape index (κ3) is 3.71. The van der Waals surface area contributed by atoms with Gasteiger partial charge in [0.2, 0.25) is 10.0 Å². The lowest BCUT2D eigenvalue weighted by molar-refractivity contribution is -0.917. The molecule has 0 bridgehead atoms. The van der Waals surface area contributed by atoms with E-state index in [9.17, 15) is 12.8 Å². The third-order valence-corrected chi connectivity index (χ3v) is 6.41. The van der Waals surface area contributed by atoms with E-state index in [4.69, 9.17) is 5.26 Å². The van der Waals surface area contributed by atoms with E-state index in [1.165, 1.54) is 22.5 Å². The van der Waals surface area contributed by atoms with Crippen LogP contribution in [0.3, 0.4) is 0 Å². The maximum atomic E-state index is 13.8. The average molecular weight is 360 g/mol. The van der Waals surface area contributed by atoms with Gasteiger partial charge in [-0.15, -0.1) is 0 Å². The first-order valence-corrected chi connectivity index (χ1v) is 9.52. The highest BCUT2D eigenvalue weighted by Crippen LogP contribution is 2.19. The van der Waals surface area contributed by atoms with Crippen LogP contribution in [0.5, 0.6) is 0 Å². The van der Waals surface area contributed by atoms with Gasteiger partial charge in [-0.3, -0.25) is 0 Å². The van der Waals surface area contributed by atoms with Gasteiger partial charge in [0, 0.05) is 5.56 Å². The van der Waals surface area contributed by atoms with Crippen LogP contribution >= 0.6 is 0 Å². The van der Waals surface area contributed by atoms with Gasteiger partial charge in [-0.1, -0.05) is 30.3 Å². The molecule has 3 rings (SSSR count). The van der Waals surface area contributed by atoms with Crippen molar-refractivity contribution in [3.05, 3.63) is 65.5 Å². The second-order valence-corrected chi connectivity index (χ2v) is 7.94. The van der Waals surface area contributed by atoms with Crippen LogP contribution in [0, 0.1) is 17.1 Å². The van der Waals surface area contributed by atoms with Gasteiger partial charge in [0.25, 0.3) is 0 Å². The number of rotatable bonds is 4. The van der Waals surface area contributed by atoms with E-state index in [0.29, 0.717) is 38.3 Å². The van der Waals surface area contributed by atoms with Crippen LogP contribution in [0.15, 0.2) is 53.4 Å². The van der Waals surface area contributed by atoms with Gasteiger partial charge in [0.1, 0.15) is 18.4 Å². The Labute approximate surface area is 147 Å². The van der Waals surface area contributed by atoms with Crippen molar-refractivity contribution in [3.8, 4) is 6.07 Å². The van der Waals surface area contributed by atoms with Gasteiger partial charge in [-0.05, 0) is 18.2 Å². The maximum Gasteiger partial charge on any atom is 0.244 e. The summed E-state index contributed by atoms with van der Waals surface area (Å²) >= 11 is 0. The molecule has 0 aliphatic carbocycles. The first-order chi connectivity index (χ1) is 12.0. The van der Waals surface area contributed by atoms with Crippen molar-refractivity contribution in [2.75, 3.05) is 26.2 Å². The molecule has 1 aliphatic rings. The molecule has 130 valence electrons. The molecule has 0 saturated carbocycles. The van der Waals surface area contributed by atoms with E-state index in [2.05, 4.69) is 0 Å². The van der Waals surface area contributed by atoms with Crippen molar-refractivity contribution in [2.45, 2.75) is 11.4 Å². The molecule has 0 aromatic heterocycles. The van der Waals surface area contributed by atoms with Crippen molar-refractivity contribution in [3.63, 3.8) is 0 Å². The molecule has 1 saturated heterocycles. The molecular weight excluding hydrogens is 341 g/mol. The number of sulfonamides is 1. The summed E-state index contributed by atoms with van der Waals surface area (Å²) in [6, 6.07) is 14.8. The molecule has 2 aromatic rings. The quantitative estimate of drug-likeness (QED) is 0.877. The highest BCUT2D eigenvalue weighted by atomic mass is 32.2. The minimum atomic E-state index is -3.69. The molecule has 2 aromatic carbocycles. The number of quaternary nitrogens is 1. The summed E-state index contributed by atoms with van der Waals surface area (Å²) in [5.74, 6) is -0.229. The highest BCUT2D eigenvalue weighted by molar-refractivity contribution is 7.89. The lowest BCUT2D eigenvalue weighted by Gasteiger charge is -2.31. The molecule has 0 amide bonds. The Morgan fingerprint density at radius 3 is 2.40 bits per heavy atom. The second kappa shape index (κ2) is 7.31. The van der Waals surface area contributed by atoms with Crippen LogP contribution < -0.4 is 4.90 Å². The molecule has 1 N–H and O–H groups in total. The fraction of sp³-hybridized carbons (Fsp3) is 0.278. The number of halogens is 1. The Kier molecular flexibility index (Phi) is 5.13. The van der Waals surface area contributed by atoms with Crippen molar-refractivity contribution in [2.24, 2.45) is 0 Å². The largest absolute Gasteiger partial charge is 0.329 e. The molecule has 0 spiro atoms. The van der Waals surface area contributed by atoms with Crippen LogP contribution in [0.1, 0.15) is 11.1 Å². The number of nitrogens with one attached hydrogen (secondary N) is 1. The first kappa shape index (κ1) is 17.5. The molecule has 7 heteroatoms. The molecule has 1 aliphatic heterocycles. The number of hydrogen-bond acceptors (Lipinski definition) is 3. The van der Waals surface area contributed by atoms with Crippen molar-refractivity contribution >= 4 is 10.0 Å². The van der Waals surface area contributed by atoms with E-state index in [-0.39, 0.29) is 16.3 Å². The SMILES string of the molecule is N#Cc1ccccc1S(=O)(=O)N1CC[NH+](Cc2ccccc2F)CC1. The number of nitrogens with zero attached hydrogens (tertiary/aromatic N) is 2. The van der Waals surface area contributed by atoms with Crippen LogP contribution in [0.2, 0.25) is 0 Å². The summed E-state index contributed by atoms with van der Waals surface area (Å²) in [4.78, 5) is 1.19. The molecule has 5 nitrogen and oxygen atoms in total. The lowest BCUT2D eigenvalue weighted by Crippen LogP contribution is -3.13. The second-order valence-electron chi connectivity index (χ2n) is 6.03. The average Bonchev–Trinajstić information content (AvgIpc) is 2.64. The molecule has 25 heavy (non-hydrogen) atoms. The summed E-state index contributed by atoms with van der Waals surface area (Å²) < 4.78 is 40.8. The third-order valence-electron chi connectivity index (χ3n) is 4.45. The minimum Gasteiger partial charge on any atom is -0.329 e. The summed E-state index contributed by atoms with van der Waals surface area (Å²) in [6.07, 6.45) is 0. The van der Waals surface area contributed by atoms with Crippen LogP contribution in [0.4, 0.5) is 4.39 Å². The maximum absolute atomic E-state index is 13.8. The van der Waals surface area contributed by atoms with E-state index < -0.39 is 10.0 Å². The Morgan fingerprint density at radius 2 is 1.72 bits per heavy atom. The summed E-state index contributed by atoms with van der Waals surface area (Å²) in [5.41, 5.74) is 0.798. The summed E-state index contributed by atoms with van der Waals surface area (Å²) in [6.45, 7) is 2.44. The smallest absolute Gasteiger partial charge is 0.244 e. The van der Waals surface area contributed by atoms with Gasteiger partial charge in [0.15, 0.2) is 0 Å². The van der Waals surface area contributed by atoms with Gasteiger partial charge < -0.3 is 4.90 Å². The zero-order valence-corrected chi connectivity index (χ0v) is 14.5. The molecule has 0 atom stereocenters. The van der Waals surface area contributed by atoms with Crippen molar-refractivity contribution in [1.29, 1.82) is 5.26 Å². The van der Waals surface area contributed by atoms with Gasteiger partial charge in [-0.25, -0.2) is 12.8 Å². The monoisotopic (exact) mass is 360 g/mol. The summed E-state index contributed by atoms with van der Waals surface area (Å²) in [5, 5.41) is 9.14. The predicted molar refractivity (Wildman–Crippen MR) is 90.7 cm³/mol. The van der Waals surface area contributed by atoms with E-state index in [1.807, 2.05) is 6.07 Å². The normalized spacial score (nSPS) is 16.5. The standard InChI is InChI=1S/C18H18FN3O2S/c19-17-7-3-1-6-16(17)14-21-9-11-22(12-10-21)25(23,24)18-8-4-2-5-15(18)13-20/h1-8H,9-12,14H2/p+1. The minimum absolute atomic E-state index is 0.0510. The first-order valence-electron chi connectivity index (χ1n) is 8.08. The fourth-order valence-corrected chi connectivity index (χ4v) is 4.64. The summed E-state index contributed by atoms with van der Waals surface area (Å²) in [7, 11) is -3.69. The van der Waals surface area contributed by atoms with E-state index >= 15 is 0 Å². The van der Waals surface area contributed by atoms with Gasteiger partial charge >= 0.3 is 0 Å². The number of benzene rings is 2. The zero-order chi connectivity index (χ0) is 17.9. The van der Waals surface area contributed by atoms with Crippen molar-refractivity contribution in [1.82, 2.24) is 4.31 Å². The Bertz CT molecular complexity index is 901. The number of piperazine rings is 1. The van der Waals surface area contributed by atoms with Gasteiger partial charge in [-0.2, -0.15) is 9.57 Å². The number of nitriles is 1. The molecule has 0 unspecified atom stereocenters. The molecular formula is C18H19FN3O2S+. The Balaban J connectivity index is 1.70. The topological polar surface area (TPSA) is 65.6 Å². The molecule has 1 heterocycles. The van der Waals surface area contributed by atoms with Crippen LogP contribution in [-0.2, 0) is 16.6 Å². The van der Waals surface area contributed by atoms with Crippen LogP contribution in [0.25, 0.3) is 0 Å². The van der Waals surface area contributed by atoms with E-state index in [0.717, 1.165) is 4.90 Å². The molecule has 1 fully saturated rings. The zero-order valence-electron chi connectivity index (χ0n) is 13.7. The Hall–Kier alpha value is -2.27. The highest BCUT2D eigenvalue weighted by Gasteiger charge is 2.32. The van der Waals surface area contributed by atoms with E-state index in [1.54, 1.807) is 30.3 Å². The number of hydrogen-bond donors (Lipinski definition) is 1. The van der Waals surface area contributed by atoms with Gasteiger partial charge in [0.05, 0.1) is 36.6 Å². The Morgan fingerprint density at radius 1 is 1.08 bits per heavy atom. The fourth-order valence-electron chi connectivity index (χ4n) is 3.05. The lowest BCUT2D eigenvalue weighted by atomic mass is 10.2.